The first kappa shape index (κ1) is 14.7. The van der Waals surface area contributed by atoms with E-state index >= 15 is 0 Å². The van der Waals surface area contributed by atoms with Crippen molar-refractivity contribution in [3.8, 4) is 0 Å². The number of carbonyl (C=O) groups is 1. The molecule has 0 saturated carbocycles. The Morgan fingerprint density at radius 3 is 2.50 bits per heavy atom. The highest BCUT2D eigenvalue weighted by Crippen LogP contribution is 2.16. The summed E-state index contributed by atoms with van der Waals surface area (Å²) in [7, 11) is 3.99. The van der Waals surface area contributed by atoms with E-state index in [4.69, 9.17) is 0 Å². The number of rotatable bonds is 8. The average Bonchev–Trinajstić information content (AvgIpc) is 2.38. The second kappa shape index (κ2) is 7.91. The van der Waals surface area contributed by atoms with Crippen LogP contribution in [0.4, 0.5) is 5.69 Å². The van der Waals surface area contributed by atoms with Crippen molar-refractivity contribution >= 4 is 11.5 Å². The standard InChI is InChI=1S/C16H25NO/c1-4-5-6-7-8-12-16(18)14-10-9-11-15(13-14)17(2)3/h9-11,13H,4-8,12H2,1-3H3. The Labute approximate surface area is 111 Å². The third-order valence-corrected chi connectivity index (χ3v) is 3.19. The number of hydrogen-bond donors (Lipinski definition) is 0. The van der Waals surface area contributed by atoms with Crippen LogP contribution >= 0.6 is 0 Å². The molecule has 2 heteroatoms. The molecule has 100 valence electrons. The molecule has 18 heavy (non-hydrogen) atoms. The van der Waals surface area contributed by atoms with E-state index in [-0.39, 0.29) is 5.78 Å². The van der Waals surface area contributed by atoms with Gasteiger partial charge in [-0.25, -0.2) is 0 Å². The molecule has 0 aliphatic carbocycles. The Morgan fingerprint density at radius 2 is 1.83 bits per heavy atom. The van der Waals surface area contributed by atoms with Gasteiger partial charge >= 0.3 is 0 Å². The first-order valence-corrected chi connectivity index (χ1v) is 6.95. The summed E-state index contributed by atoms with van der Waals surface area (Å²) in [5.74, 6) is 0.273. The van der Waals surface area contributed by atoms with E-state index in [0.29, 0.717) is 6.42 Å². The number of Topliss-reactive ketones (excluding diaryl/α,β-unsaturated/α-hetero) is 1. The van der Waals surface area contributed by atoms with E-state index in [1.165, 1.54) is 25.7 Å². The summed E-state index contributed by atoms with van der Waals surface area (Å²) in [6.07, 6.45) is 6.66. The van der Waals surface area contributed by atoms with Gasteiger partial charge < -0.3 is 4.90 Å². The maximum absolute atomic E-state index is 12.0. The highest BCUT2D eigenvalue weighted by atomic mass is 16.1. The first-order valence-electron chi connectivity index (χ1n) is 6.95. The topological polar surface area (TPSA) is 20.3 Å². The van der Waals surface area contributed by atoms with Crippen molar-refractivity contribution in [1.29, 1.82) is 0 Å². The molecule has 0 spiro atoms. The van der Waals surface area contributed by atoms with Gasteiger partial charge in [0, 0.05) is 31.8 Å². The molecule has 0 N–H and O–H groups in total. The second-order valence-corrected chi connectivity index (χ2v) is 5.03. The molecule has 0 aromatic heterocycles. The summed E-state index contributed by atoms with van der Waals surface area (Å²) in [5, 5.41) is 0. The average molecular weight is 247 g/mol. The lowest BCUT2D eigenvalue weighted by atomic mass is 10.0. The van der Waals surface area contributed by atoms with Crippen LogP contribution in [0.5, 0.6) is 0 Å². The summed E-state index contributed by atoms with van der Waals surface area (Å²) >= 11 is 0. The van der Waals surface area contributed by atoms with Gasteiger partial charge in [-0.1, -0.05) is 44.7 Å². The van der Waals surface area contributed by atoms with Gasteiger partial charge in [-0.05, 0) is 18.6 Å². The first-order chi connectivity index (χ1) is 8.65. The highest BCUT2D eigenvalue weighted by Gasteiger charge is 2.06. The molecule has 1 rings (SSSR count). The molecule has 1 aromatic rings. The Balaban J connectivity index is 2.44. The van der Waals surface area contributed by atoms with Gasteiger partial charge in [0.25, 0.3) is 0 Å². The third kappa shape index (κ3) is 4.91. The van der Waals surface area contributed by atoms with Crippen molar-refractivity contribution < 1.29 is 4.79 Å². The van der Waals surface area contributed by atoms with Crippen LogP contribution < -0.4 is 4.90 Å². The van der Waals surface area contributed by atoms with E-state index in [1.54, 1.807) is 0 Å². The van der Waals surface area contributed by atoms with Gasteiger partial charge in [-0.2, -0.15) is 0 Å². The smallest absolute Gasteiger partial charge is 0.162 e. The van der Waals surface area contributed by atoms with Crippen LogP contribution in [0.3, 0.4) is 0 Å². The van der Waals surface area contributed by atoms with Crippen molar-refractivity contribution in [3.05, 3.63) is 29.8 Å². The van der Waals surface area contributed by atoms with Gasteiger partial charge in [0.15, 0.2) is 5.78 Å². The van der Waals surface area contributed by atoms with E-state index in [2.05, 4.69) is 6.92 Å². The number of nitrogens with zero attached hydrogens (tertiary/aromatic N) is 1. The summed E-state index contributed by atoms with van der Waals surface area (Å²) < 4.78 is 0. The number of benzene rings is 1. The quantitative estimate of drug-likeness (QED) is 0.504. The lowest BCUT2D eigenvalue weighted by Crippen LogP contribution is -2.09. The fourth-order valence-corrected chi connectivity index (χ4v) is 1.99. The Hall–Kier alpha value is -1.31. The molecule has 0 atom stereocenters. The van der Waals surface area contributed by atoms with E-state index in [1.807, 2.05) is 43.3 Å². The van der Waals surface area contributed by atoms with E-state index in [9.17, 15) is 4.79 Å². The maximum Gasteiger partial charge on any atom is 0.162 e. The van der Waals surface area contributed by atoms with Crippen molar-refractivity contribution in [2.75, 3.05) is 19.0 Å². The van der Waals surface area contributed by atoms with Gasteiger partial charge in [0.1, 0.15) is 0 Å². The summed E-state index contributed by atoms with van der Waals surface area (Å²) in [6, 6.07) is 7.88. The van der Waals surface area contributed by atoms with Crippen molar-refractivity contribution in [1.82, 2.24) is 0 Å². The third-order valence-electron chi connectivity index (χ3n) is 3.19. The molecule has 0 fully saturated rings. The summed E-state index contributed by atoms with van der Waals surface area (Å²) in [6.45, 7) is 2.21. The van der Waals surface area contributed by atoms with Crippen LogP contribution in [-0.2, 0) is 0 Å². The van der Waals surface area contributed by atoms with Crippen molar-refractivity contribution in [2.45, 2.75) is 45.4 Å². The lowest BCUT2D eigenvalue weighted by molar-refractivity contribution is 0.0979. The molecule has 0 amide bonds. The zero-order valence-electron chi connectivity index (χ0n) is 11.9. The van der Waals surface area contributed by atoms with Crippen LogP contribution in [0, 0.1) is 0 Å². The van der Waals surface area contributed by atoms with Crippen LogP contribution in [0.1, 0.15) is 55.8 Å². The minimum Gasteiger partial charge on any atom is -0.378 e. The molecule has 0 aliphatic rings. The number of carbonyl (C=O) groups excluding carboxylic acids is 1. The predicted octanol–water partition coefficient (Wildman–Crippen LogP) is 4.30. The Bertz CT molecular complexity index is 371. The van der Waals surface area contributed by atoms with Crippen molar-refractivity contribution in [3.63, 3.8) is 0 Å². The predicted molar refractivity (Wildman–Crippen MR) is 78.5 cm³/mol. The lowest BCUT2D eigenvalue weighted by Gasteiger charge is -2.13. The number of hydrogen-bond acceptors (Lipinski definition) is 2. The van der Waals surface area contributed by atoms with E-state index < -0.39 is 0 Å². The minimum atomic E-state index is 0.273. The van der Waals surface area contributed by atoms with Crippen LogP contribution in [0.2, 0.25) is 0 Å². The molecule has 0 radical (unpaired) electrons. The molecule has 1 aromatic carbocycles. The Kier molecular flexibility index (Phi) is 6.48. The summed E-state index contributed by atoms with van der Waals surface area (Å²) in [5.41, 5.74) is 1.93. The maximum atomic E-state index is 12.0. The molecule has 0 saturated heterocycles. The SMILES string of the molecule is CCCCCCCC(=O)c1cccc(N(C)C)c1. The Morgan fingerprint density at radius 1 is 1.11 bits per heavy atom. The second-order valence-electron chi connectivity index (χ2n) is 5.03. The monoisotopic (exact) mass is 247 g/mol. The molecule has 0 unspecified atom stereocenters. The van der Waals surface area contributed by atoms with Crippen LogP contribution in [-0.4, -0.2) is 19.9 Å². The number of ketones is 1. The minimum absolute atomic E-state index is 0.273. The fourth-order valence-electron chi connectivity index (χ4n) is 1.99. The van der Waals surface area contributed by atoms with Gasteiger partial charge in [-0.15, -0.1) is 0 Å². The molecular formula is C16H25NO. The largest absolute Gasteiger partial charge is 0.378 e. The van der Waals surface area contributed by atoms with Crippen LogP contribution in [0.25, 0.3) is 0 Å². The molecule has 0 heterocycles. The zero-order chi connectivity index (χ0) is 13.4. The molecule has 2 nitrogen and oxygen atoms in total. The zero-order valence-corrected chi connectivity index (χ0v) is 11.9. The highest BCUT2D eigenvalue weighted by molar-refractivity contribution is 5.96. The number of anilines is 1. The van der Waals surface area contributed by atoms with Gasteiger partial charge in [-0.3, -0.25) is 4.79 Å². The molecule has 0 aliphatic heterocycles. The van der Waals surface area contributed by atoms with E-state index in [0.717, 1.165) is 17.7 Å². The fraction of sp³-hybridized carbons (Fsp3) is 0.562. The summed E-state index contributed by atoms with van der Waals surface area (Å²) in [4.78, 5) is 14.1. The van der Waals surface area contributed by atoms with Crippen LogP contribution in [0.15, 0.2) is 24.3 Å². The normalized spacial score (nSPS) is 10.4. The van der Waals surface area contributed by atoms with Gasteiger partial charge in [0.05, 0.1) is 0 Å². The number of unbranched alkanes of at least 4 members (excludes halogenated alkanes) is 4. The molecule has 0 bridgehead atoms. The molecular weight excluding hydrogens is 222 g/mol. The van der Waals surface area contributed by atoms with Gasteiger partial charge in [0.2, 0.25) is 0 Å². The van der Waals surface area contributed by atoms with Crippen molar-refractivity contribution in [2.24, 2.45) is 0 Å².